The van der Waals surface area contributed by atoms with Gasteiger partial charge in [-0.25, -0.2) is 0 Å². The van der Waals surface area contributed by atoms with E-state index in [0.29, 0.717) is 11.5 Å². The molecule has 2 heterocycles. The van der Waals surface area contributed by atoms with E-state index in [1.807, 2.05) is 6.92 Å². The molecule has 0 saturated heterocycles. The molecule has 1 atom stereocenters. The number of aliphatic hydroxyl groups is 1. The lowest BCUT2D eigenvalue weighted by molar-refractivity contribution is -0.206. The Morgan fingerprint density at radius 2 is 2.00 bits per heavy atom. The number of pyridine rings is 1. The fraction of sp³-hybridized carbons (Fsp3) is 0.263. The van der Waals surface area contributed by atoms with Crippen molar-refractivity contribution in [2.45, 2.75) is 32.7 Å². The number of alkyl halides is 3. The zero-order valence-electron chi connectivity index (χ0n) is 15.5. The van der Waals surface area contributed by atoms with E-state index in [-0.39, 0.29) is 23.6 Å². The molecule has 0 fully saturated rings. The predicted molar refractivity (Wildman–Crippen MR) is 95.6 cm³/mol. The lowest BCUT2D eigenvalue weighted by Crippen LogP contribution is -2.24. The Bertz CT molecular complexity index is 1020. The van der Waals surface area contributed by atoms with E-state index < -0.39 is 23.8 Å². The molecule has 0 aliphatic heterocycles. The molecule has 0 saturated carbocycles. The monoisotopic (exact) mass is 406 g/mol. The first kappa shape index (κ1) is 20.5. The van der Waals surface area contributed by atoms with Gasteiger partial charge in [0.1, 0.15) is 0 Å². The van der Waals surface area contributed by atoms with Gasteiger partial charge < -0.3 is 14.9 Å². The maximum atomic E-state index is 13.0. The highest BCUT2D eigenvalue weighted by molar-refractivity contribution is 5.95. The minimum atomic E-state index is -4.88. The molecule has 3 rings (SSSR count). The maximum absolute atomic E-state index is 13.0. The molecule has 0 spiro atoms. The van der Waals surface area contributed by atoms with E-state index in [9.17, 15) is 23.1 Å². The number of halogens is 3. The highest BCUT2D eigenvalue weighted by Gasteiger charge is 2.39. The van der Waals surface area contributed by atoms with Crippen molar-refractivity contribution >= 4 is 5.91 Å². The van der Waals surface area contributed by atoms with Gasteiger partial charge in [0.05, 0.1) is 12.2 Å². The van der Waals surface area contributed by atoms with Gasteiger partial charge in [-0.05, 0) is 49.2 Å². The van der Waals surface area contributed by atoms with Gasteiger partial charge in [-0.1, -0.05) is 11.2 Å². The first-order chi connectivity index (χ1) is 13.6. The van der Waals surface area contributed by atoms with E-state index in [1.54, 1.807) is 25.3 Å². The fourth-order valence-corrected chi connectivity index (χ4v) is 2.59. The van der Waals surface area contributed by atoms with Gasteiger partial charge in [-0.2, -0.15) is 18.2 Å². The number of carbonyl (C=O) groups excluding carboxylic acids is 1. The van der Waals surface area contributed by atoms with Crippen LogP contribution in [-0.4, -0.2) is 32.3 Å². The number of hydrogen-bond acceptors (Lipinski definition) is 6. The van der Waals surface area contributed by atoms with Crippen LogP contribution in [0.5, 0.6) is 0 Å². The number of aryl methyl sites for hydroxylation is 2. The van der Waals surface area contributed by atoms with Crippen molar-refractivity contribution in [2.24, 2.45) is 0 Å². The van der Waals surface area contributed by atoms with Gasteiger partial charge in [0, 0.05) is 17.3 Å². The van der Waals surface area contributed by atoms with E-state index in [1.165, 1.54) is 6.07 Å². The Morgan fingerprint density at radius 3 is 2.59 bits per heavy atom. The van der Waals surface area contributed by atoms with E-state index in [4.69, 9.17) is 4.52 Å². The molecule has 2 N–H and O–H groups in total. The molecule has 0 bridgehead atoms. The second-order valence-electron chi connectivity index (χ2n) is 6.43. The summed E-state index contributed by atoms with van der Waals surface area (Å²) in [6.07, 6.45) is -6.06. The number of carbonyl (C=O) groups is 1. The summed E-state index contributed by atoms with van der Waals surface area (Å²) in [5.41, 5.74) is 0.974. The number of nitrogens with zero attached hydrogens (tertiary/aromatic N) is 3. The highest BCUT2D eigenvalue weighted by atomic mass is 19.4. The highest BCUT2D eigenvalue weighted by Crippen LogP contribution is 2.34. The van der Waals surface area contributed by atoms with Crippen LogP contribution in [0.15, 0.2) is 41.1 Å². The largest absolute Gasteiger partial charge is 0.418 e. The van der Waals surface area contributed by atoms with Crippen LogP contribution in [0.1, 0.15) is 39.3 Å². The molecule has 10 heteroatoms. The molecule has 1 aromatic carbocycles. The molecule has 1 amide bonds. The zero-order chi connectivity index (χ0) is 21.2. The molecule has 152 valence electrons. The van der Waals surface area contributed by atoms with Gasteiger partial charge in [-0.15, -0.1) is 0 Å². The van der Waals surface area contributed by atoms with Crippen LogP contribution in [0.2, 0.25) is 0 Å². The van der Waals surface area contributed by atoms with Crippen LogP contribution < -0.4 is 5.32 Å². The van der Waals surface area contributed by atoms with Gasteiger partial charge in [0.2, 0.25) is 5.89 Å². The van der Waals surface area contributed by atoms with Crippen molar-refractivity contribution in [1.29, 1.82) is 0 Å². The van der Waals surface area contributed by atoms with Crippen molar-refractivity contribution in [1.82, 2.24) is 20.4 Å². The molecular formula is C19H17F3N4O3. The van der Waals surface area contributed by atoms with Crippen LogP contribution >= 0.6 is 0 Å². The summed E-state index contributed by atoms with van der Waals surface area (Å²) in [5, 5.41) is 15.8. The molecule has 0 aliphatic carbocycles. The van der Waals surface area contributed by atoms with Crippen molar-refractivity contribution in [3.05, 3.63) is 64.9 Å². The summed E-state index contributed by atoms with van der Waals surface area (Å²) in [5.74, 6) is -0.120. The van der Waals surface area contributed by atoms with Gasteiger partial charge in [0.15, 0.2) is 11.9 Å². The Labute approximate surface area is 163 Å². The van der Waals surface area contributed by atoms with Crippen LogP contribution in [0.25, 0.3) is 11.3 Å². The molecule has 29 heavy (non-hydrogen) atoms. The molecule has 7 nitrogen and oxygen atoms in total. The summed E-state index contributed by atoms with van der Waals surface area (Å²) in [6.45, 7) is 3.33. The van der Waals surface area contributed by atoms with Crippen molar-refractivity contribution in [3.63, 3.8) is 0 Å². The number of benzene rings is 1. The van der Waals surface area contributed by atoms with Crippen LogP contribution in [0.4, 0.5) is 13.2 Å². The summed E-state index contributed by atoms with van der Waals surface area (Å²) in [6, 6.07) is 6.92. The topological polar surface area (TPSA) is 101 Å². The van der Waals surface area contributed by atoms with Gasteiger partial charge in [0.25, 0.3) is 5.91 Å². The summed E-state index contributed by atoms with van der Waals surface area (Å²) in [7, 11) is 0. The molecule has 1 unspecified atom stereocenters. The normalized spacial score (nSPS) is 12.6. The van der Waals surface area contributed by atoms with Crippen LogP contribution in [0.3, 0.4) is 0 Å². The predicted octanol–water partition coefficient (Wildman–Crippen LogP) is 3.27. The second-order valence-corrected chi connectivity index (χ2v) is 6.43. The van der Waals surface area contributed by atoms with Gasteiger partial charge in [-0.3, -0.25) is 9.78 Å². The first-order valence-electron chi connectivity index (χ1n) is 8.53. The standard InChI is InChI=1S/C19H17F3N4O3/c1-10-3-4-15(23-8-10)12-5-13(17(27)19(20,21)22)7-14(6-12)18(28)24-9-16-25-11(2)26-29-16/h3-8,17,27H,9H2,1-2H3,(H,24,28). The summed E-state index contributed by atoms with van der Waals surface area (Å²) in [4.78, 5) is 20.6. The lowest BCUT2D eigenvalue weighted by atomic mass is 9.99. The second kappa shape index (κ2) is 8.00. The SMILES string of the molecule is Cc1ccc(-c2cc(C(=O)NCc3nc(C)no3)cc(C(O)C(F)(F)F)c2)nc1. The van der Waals surface area contributed by atoms with Crippen molar-refractivity contribution in [2.75, 3.05) is 0 Å². The average Bonchev–Trinajstić information content (AvgIpc) is 3.10. The molecule has 2 aromatic heterocycles. The quantitative estimate of drug-likeness (QED) is 0.674. The number of amides is 1. The number of hydrogen-bond donors (Lipinski definition) is 2. The van der Waals surface area contributed by atoms with Crippen molar-refractivity contribution < 1.29 is 27.6 Å². The first-order valence-corrected chi connectivity index (χ1v) is 8.53. The lowest BCUT2D eigenvalue weighted by Gasteiger charge is -2.17. The Balaban J connectivity index is 1.94. The third-order valence-corrected chi connectivity index (χ3v) is 4.02. The zero-order valence-corrected chi connectivity index (χ0v) is 15.5. The summed E-state index contributed by atoms with van der Waals surface area (Å²) < 4.78 is 44.0. The van der Waals surface area contributed by atoms with E-state index in [0.717, 1.165) is 17.7 Å². The van der Waals surface area contributed by atoms with Gasteiger partial charge >= 0.3 is 6.18 Å². The van der Waals surface area contributed by atoms with E-state index >= 15 is 0 Å². The number of rotatable bonds is 5. The minimum absolute atomic E-state index is 0.0700. The van der Waals surface area contributed by atoms with E-state index in [2.05, 4.69) is 20.4 Å². The Kier molecular flexibility index (Phi) is 5.64. The molecule has 3 aromatic rings. The fourth-order valence-electron chi connectivity index (χ4n) is 2.59. The Hall–Kier alpha value is -3.27. The molecular weight excluding hydrogens is 389 g/mol. The maximum Gasteiger partial charge on any atom is 0.418 e. The third kappa shape index (κ3) is 4.96. The van der Waals surface area contributed by atoms with Crippen LogP contribution in [-0.2, 0) is 6.54 Å². The number of aliphatic hydroxyl groups excluding tert-OH is 1. The molecule has 0 aliphatic rings. The average molecular weight is 406 g/mol. The summed E-state index contributed by atoms with van der Waals surface area (Å²) >= 11 is 0. The minimum Gasteiger partial charge on any atom is -0.379 e. The van der Waals surface area contributed by atoms with Crippen molar-refractivity contribution in [3.8, 4) is 11.3 Å². The Morgan fingerprint density at radius 1 is 1.24 bits per heavy atom. The number of aromatic nitrogens is 3. The third-order valence-electron chi connectivity index (χ3n) is 4.02. The smallest absolute Gasteiger partial charge is 0.379 e. The molecule has 0 radical (unpaired) electrons. The number of nitrogens with one attached hydrogen (secondary N) is 1. The van der Waals surface area contributed by atoms with Crippen LogP contribution in [0, 0.1) is 13.8 Å².